The van der Waals surface area contributed by atoms with Crippen LogP contribution in [0.3, 0.4) is 0 Å². The van der Waals surface area contributed by atoms with Gasteiger partial charge in [-0.3, -0.25) is 0 Å². The van der Waals surface area contributed by atoms with Gasteiger partial charge in [-0.25, -0.2) is 4.98 Å². The van der Waals surface area contributed by atoms with Crippen LogP contribution < -0.4 is 10.6 Å². The fourth-order valence-corrected chi connectivity index (χ4v) is 1.65. The maximum absolute atomic E-state index is 8.94. The monoisotopic (exact) mass is 222 g/mol. The van der Waals surface area contributed by atoms with Crippen molar-refractivity contribution < 1.29 is 0 Å². The Kier molecular flexibility index (Phi) is 4.25. The number of hydrogen-bond acceptors (Lipinski definition) is 5. The van der Waals surface area contributed by atoms with Crippen LogP contribution in [0.5, 0.6) is 0 Å². The van der Waals surface area contributed by atoms with Crippen molar-refractivity contribution in [3.05, 3.63) is 17.8 Å². The number of nitrogen functional groups attached to an aromatic ring is 1. The van der Waals surface area contributed by atoms with Gasteiger partial charge in [0, 0.05) is 19.3 Å². The van der Waals surface area contributed by atoms with Gasteiger partial charge in [0.1, 0.15) is 11.9 Å². The van der Waals surface area contributed by atoms with Gasteiger partial charge in [-0.15, -0.1) is 0 Å². The largest absolute Gasteiger partial charge is 0.397 e. The van der Waals surface area contributed by atoms with Crippen molar-refractivity contribution in [1.29, 1.82) is 5.26 Å². The first-order valence-corrected chi connectivity index (χ1v) is 5.94. The summed E-state index contributed by atoms with van der Waals surface area (Å²) in [7, 11) is 1.93. The molecule has 0 aliphatic rings. The van der Waals surface area contributed by atoms with Crippen molar-refractivity contribution in [2.75, 3.05) is 36.2 Å². The molecule has 1 heterocycles. The molecule has 0 bridgehead atoms. The summed E-state index contributed by atoms with van der Waals surface area (Å²) in [5.41, 5.74) is 6.62. The molecule has 0 saturated carbocycles. The molecule has 0 atom stereocenters. The van der Waals surface area contributed by atoms with Crippen LogP contribution in [0.15, 0.2) is 12.3 Å². The van der Waals surface area contributed by atoms with Crippen LogP contribution in [0.4, 0.5) is 11.5 Å². The minimum Gasteiger partial charge on any atom is -0.397 e. The number of hydrogen-bond donors (Lipinski definition) is 1. The molecule has 0 spiro atoms. The molecule has 80 valence electrons. The lowest BCUT2D eigenvalue weighted by Gasteiger charge is -2.18. The van der Waals surface area contributed by atoms with Gasteiger partial charge in [0.05, 0.1) is 17.4 Å². The summed E-state index contributed by atoms with van der Waals surface area (Å²) >= 11 is 1.76. The molecule has 0 saturated heterocycles. The van der Waals surface area contributed by atoms with E-state index in [1.807, 2.05) is 11.9 Å². The Hall–Kier alpha value is -1.41. The molecule has 15 heavy (non-hydrogen) atoms. The number of thioether (sulfide) groups is 1. The van der Waals surface area contributed by atoms with Crippen LogP contribution in [0.2, 0.25) is 0 Å². The average molecular weight is 222 g/mol. The standard InChI is InChI=1S/C10H14N4S/c1-14(3-4-15-2)10-8(6-11)5-9(12)7-13-10/h5,7H,3-4,12H2,1-2H3. The summed E-state index contributed by atoms with van der Waals surface area (Å²) in [5, 5.41) is 8.94. The van der Waals surface area contributed by atoms with Crippen LogP contribution in [0, 0.1) is 11.3 Å². The summed E-state index contributed by atoms with van der Waals surface area (Å²) in [5.74, 6) is 1.70. The molecule has 0 unspecified atom stereocenters. The maximum atomic E-state index is 8.94. The Morgan fingerprint density at radius 3 is 3.00 bits per heavy atom. The molecule has 1 rings (SSSR count). The Morgan fingerprint density at radius 2 is 2.40 bits per heavy atom. The van der Waals surface area contributed by atoms with Crippen molar-refractivity contribution in [3.8, 4) is 6.07 Å². The molecule has 1 aromatic rings. The van der Waals surface area contributed by atoms with Crippen molar-refractivity contribution in [1.82, 2.24) is 4.98 Å². The van der Waals surface area contributed by atoms with Crippen LogP contribution >= 0.6 is 11.8 Å². The highest BCUT2D eigenvalue weighted by Gasteiger charge is 2.08. The maximum Gasteiger partial charge on any atom is 0.146 e. The Labute approximate surface area is 94.1 Å². The summed E-state index contributed by atoms with van der Waals surface area (Å²) in [6.07, 6.45) is 3.63. The minimum atomic E-state index is 0.522. The van der Waals surface area contributed by atoms with Crippen LogP contribution in [0.1, 0.15) is 5.56 Å². The van der Waals surface area contributed by atoms with Crippen molar-refractivity contribution >= 4 is 23.3 Å². The van der Waals surface area contributed by atoms with E-state index in [1.165, 1.54) is 0 Å². The highest BCUT2D eigenvalue weighted by atomic mass is 32.2. The van der Waals surface area contributed by atoms with E-state index in [4.69, 9.17) is 11.0 Å². The molecule has 0 amide bonds. The number of anilines is 2. The Morgan fingerprint density at radius 1 is 1.67 bits per heavy atom. The van der Waals surface area contributed by atoms with Gasteiger partial charge in [-0.1, -0.05) is 0 Å². The molecule has 0 fully saturated rings. The van der Waals surface area contributed by atoms with E-state index in [0.717, 1.165) is 12.3 Å². The highest BCUT2D eigenvalue weighted by molar-refractivity contribution is 7.98. The van der Waals surface area contributed by atoms with Crippen LogP contribution in [-0.2, 0) is 0 Å². The topological polar surface area (TPSA) is 65.9 Å². The van der Waals surface area contributed by atoms with Gasteiger partial charge < -0.3 is 10.6 Å². The lowest BCUT2D eigenvalue weighted by atomic mass is 10.2. The molecule has 0 aromatic carbocycles. The second-order valence-corrected chi connectivity index (χ2v) is 4.15. The summed E-state index contributed by atoms with van der Waals surface area (Å²) in [6.45, 7) is 0.868. The first kappa shape index (κ1) is 11.7. The van der Waals surface area contributed by atoms with Crippen molar-refractivity contribution in [2.24, 2.45) is 0 Å². The lowest BCUT2D eigenvalue weighted by molar-refractivity contribution is 0.944. The summed E-state index contributed by atoms with van der Waals surface area (Å²) in [4.78, 5) is 6.14. The number of rotatable bonds is 4. The van der Waals surface area contributed by atoms with E-state index in [0.29, 0.717) is 17.1 Å². The molecular formula is C10H14N4S. The molecule has 5 heteroatoms. The first-order valence-electron chi connectivity index (χ1n) is 4.54. The summed E-state index contributed by atoms with van der Waals surface area (Å²) < 4.78 is 0. The number of nitrogens with zero attached hydrogens (tertiary/aromatic N) is 3. The molecular weight excluding hydrogens is 208 g/mol. The third kappa shape index (κ3) is 3.03. The zero-order valence-corrected chi connectivity index (χ0v) is 9.71. The van der Waals surface area contributed by atoms with Crippen molar-refractivity contribution in [2.45, 2.75) is 0 Å². The number of pyridine rings is 1. The molecule has 0 aliphatic heterocycles. The SMILES string of the molecule is CSCCN(C)c1ncc(N)cc1C#N. The fourth-order valence-electron chi connectivity index (χ4n) is 1.19. The van der Waals surface area contributed by atoms with E-state index in [2.05, 4.69) is 17.3 Å². The predicted molar refractivity (Wildman–Crippen MR) is 65.0 cm³/mol. The fraction of sp³-hybridized carbons (Fsp3) is 0.400. The van der Waals surface area contributed by atoms with Crippen LogP contribution in [-0.4, -0.2) is 30.6 Å². The van der Waals surface area contributed by atoms with Crippen LogP contribution in [0.25, 0.3) is 0 Å². The molecule has 0 aliphatic carbocycles. The number of nitriles is 1. The first-order chi connectivity index (χ1) is 7.19. The third-order valence-electron chi connectivity index (χ3n) is 2.00. The molecule has 4 nitrogen and oxygen atoms in total. The quantitative estimate of drug-likeness (QED) is 0.832. The highest BCUT2D eigenvalue weighted by Crippen LogP contribution is 2.17. The number of nitrogens with two attached hydrogens (primary N) is 1. The van der Waals surface area contributed by atoms with Gasteiger partial charge in [-0.05, 0) is 12.3 Å². The Balaban J connectivity index is 2.89. The van der Waals surface area contributed by atoms with Gasteiger partial charge in [0.2, 0.25) is 0 Å². The van der Waals surface area contributed by atoms with Gasteiger partial charge >= 0.3 is 0 Å². The zero-order chi connectivity index (χ0) is 11.3. The zero-order valence-electron chi connectivity index (χ0n) is 8.90. The summed E-state index contributed by atoms with van der Waals surface area (Å²) in [6, 6.07) is 3.75. The Bertz CT molecular complexity index is 372. The minimum absolute atomic E-state index is 0.522. The number of aromatic nitrogens is 1. The second-order valence-electron chi connectivity index (χ2n) is 3.17. The van der Waals surface area contributed by atoms with Gasteiger partial charge in [-0.2, -0.15) is 17.0 Å². The van der Waals surface area contributed by atoms with Gasteiger partial charge in [0.15, 0.2) is 0 Å². The predicted octanol–water partition coefficient (Wildman–Crippen LogP) is 1.33. The average Bonchev–Trinajstić information content (AvgIpc) is 2.25. The van der Waals surface area contributed by atoms with Crippen molar-refractivity contribution in [3.63, 3.8) is 0 Å². The molecule has 2 N–H and O–H groups in total. The third-order valence-corrected chi connectivity index (χ3v) is 2.59. The smallest absolute Gasteiger partial charge is 0.146 e. The lowest BCUT2D eigenvalue weighted by Crippen LogP contribution is -2.22. The molecule has 1 aromatic heterocycles. The van der Waals surface area contributed by atoms with Gasteiger partial charge in [0.25, 0.3) is 0 Å². The van der Waals surface area contributed by atoms with E-state index >= 15 is 0 Å². The van der Waals surface area contributed by atoms with E-state index in [9.17, 15) is 0 Å². The van der Waals surface area contributed by atoms with E-state index in [1.54, 1.807) is 24.0 Å². The normalized spacial score (nSPS) is 9.67. The van der Waals surface area contributed by atoms with E-state index < -0.39 is 0 Å². The van der Waals surface area contributed by atoms with E-state index in [-0.39, 0.29) is 0 Å². The second kappa shape index (κ2) is 5.47. The molecule has 0 radical (unpaired) electrons.